The molecule has 0 bridgehead atoms. The van der Waals surface area contributed by atoms with Gasteiger partial charge in [-0.2, -0.15) is 0 Å². The third-order valence-corrected chi connectivity index (χ3v) is 3.71. The van der Waals surface area contributed by atoms with E-state index in [0.29, 0.717) is 5.75 Å². The summed E-state index contributed by atoms with van der Waals surface area (Å²) in [5, 5.41) is 10.6. The average Bonchev–Trinajstić information content (AvgIpc) is 2.47. The molecule has 0 saturated carbocycles. The van der Waals surface area contributed by atoms with E-state index in [1.807, 2.05) is 18.4 Å². The molecule has 0 aromatic heterocycles. The molecular formula is C14H10ClNO4S. The maximum Gasteiger partial charge on any atom is 0.345 e. The summed E-state index contributed by atoms with van der Waals surface area (Å²) < 4.78 is 5.18. The van der Waals surface area contributed by atoms with Gasteiger partial charge in [0.1, 0.15) is 5.75 Å². The molecule has 0 aliphatic heterocycles. The summed E-state index contributed by atoms with van der Waals surface area (Å²) in [6.07, 6.45) is 1.94. The number of nitro benzene ring substituents is 1. The number of esters is 1. The summed E-state index contributed by atoms with van der Waals surface area (Å²) in [6, 6.07) is 10.6. The number of nitro groups is 1. The predicted molar refractivity (Wildman–Crippen MR) is 81.3 cm³/mol. The van der Waals surface area contributed by atoms with Crippen molar-refractivity contribution >= 4 is 35.0 Å². The molecule has 0 aliphatic carbocycles. The summed E-state index contributed by atoms with van der Waals surface area (Å²) in [5.74, 6) is -0.279. The SMILES string of the molecule is CSc1ccc(OC(=O)c2ccc([N+](=O)[O-])cc2Cl)cc1. The molecule has 0 N–H and O–H groups in total. The smallest absolute Gasteiger partial charge is 0.345 e. The lowest BCUT2D eigenvalue weighted by molar-refractivity contribution is -0.384. The van der Waals surface area contributed by atoms with E-state index in [1.54, 1.807) is 23.9 Å². The standard InChI is InChI=1S/C14H10ClNO4S/c1-21-11-5-3-10(4-6-11)20-14(17)12-7-2-9(16(18)19)8-13(12)15/h2-8H,1H3. The highest BCUT2D eigenvalue weighted by atomic mass is 35.5. The van der Waals surface area contributed by atoms with E-state index in [4.69, 9.17) is 16.3 Å². The van der Waals surface area contributed by atoms with Crippen LogP contribution in [0.4, 0.5) is 5.69 Å². The number of rotatable bonds is 4. The first-order valence-electron chi connectivity index (χ1n) is 5.81. The highest BCUT2D eigenvalue weighted by Gasteiger charge is 2.16. The molecule has 5 nitrogen and oxygen atoms in total. The number of carbonyl (C=O) groups is 1. The Hall–Kier alpha value is -2.05. The molecule has 0 radical (unpaired) electrons. The Morgan fingerprint density at radius 3 is 2.43 bits per heavy atom. The number of hydrogen-bond acceptors (Lipinski definition) is 5. The lowest BCUT2D eigenvalue weighted by Gasteiger charge is -2.06. The predicted octanol–water partition coefficient (Wildman–Crippen LogP) is 4.19. The van der Waals surface area contributed by atoms with Crippen molar-refractivity contribution in [3.8, 4) is 5.75 Å². The van der Waals surface area contributed by atoms with Crippen LogP contribution in [0.25, 0.3) is 0 Å². The topological polar surface area (TPSA) is 69.4 Å². The molecule has 0 saturated heterocycles. The maximum atomic E-state index is 12.0. The third-order valence-electron chi connectivity index (χ3n) is 2.65. The molecule has 2 rings (SSSR count). The molecule has 21 heavy (non-hydrogen) atoms. The van der Waals surface area contributed by atoms with Gasteiger partial charge in [-0.1, -0.05) is 11.6 Å². The number of non-ortho nitro benzene ring substituents is 1. The Balaban J connectivity index is 2.17. The Bertz CT molecular complexity index is 688. The van der Waals surface area contributed by atoms with Crippen LogP contribution in [0.3, 0.4) is 0 Å². The third kappa shape index (κ3) is 3.74. The number of halogens is 1. The van der Waals surface area contributed by atoms with Crippen LogP contribution < -0.4 is 4.74 Å². The number of ether oxygens (including phenoxy) is 1. The fourth-order valence-electron chi connectivity index (χ4n) is 1.59. The van der Waals surface area contributed by atoms with Gasteiger partial charge in [0, 0.05) is 17.0 Å². The second-order valence-electron chi connectivity index (χ2n) is 3.99. The van der Waals surface area contributed by atoms with Crippen LogP contribution in [-0.4, -0.2) is 17.1 Å². The largest absolute Gasteiger partial charge is 0.423 e. The van der Waals surface area contributed by atoms with Gasteiger partial charge in [0.05, 0.1) is 15.5 Å². The van der Waals surface area contributed by atoms with E-state index in [-0.39, 0.29) is 16.3 Å². The number of thioether (sulfide) groups is 1. The van der Waals surface area contributed by atoms with E-state index < -0.39 is 10.9 Å². The zero-order valence-corrected chi connectivity index (χ0v) is 12.5. The van der Waals surface area contributed by atoms with Crippen LogP contribution in [0, 0.1) is 10.1 Å². The molecule has 7 heteroatoms. The van der Waals surface area contributed by atoms with Gasteiger partial charge >= 0.3 is 5.97 Å². The van der Waals surface area contributed by atoms with Gasteiger partial charge in [0.2, 0.25) is 0 Å². The van der Waals surface area contributed by atoms with Crippen molar-refractivity contribution in [2.24, 2.45) is 0 Å². The summed E-state index contributed by atoms with van der Waals surface area (Å²) in [4.78, 5) is 23.1. The number of hydrogen-bond donors (Lipinski definition) is 0. The number of benzene rings is 2. The molecule has 2 aromatic carbocycles. The molecule has 2 aromatic rings. The van der Waals surface area contributed by atoms with Crippen molar-refractivity contribution < 1.29 is 14.5 Å². The monoisotopic (exact) mass is 323 g/mol. The first kappa shape index (κ1) is 15.3. The Labute approximate surface area is 130 Å². The number of nitrogens with zero attached hydrogens (tertiary/aromatic N) is 1. The molecule has 0 atom stereocenters. The highest BCUT2D eigenvalue weighted by Crippen LogP contribution is 2.25. The van der Waals surface area contributed by atoms with E-state index in [9.17, 15) is 14.9 Å². The lowest BCUT2D eigenvalue weighted by Crippen LogP contribution is -2.09. The fraction of sp³-hybridized carbons (Fsp3) is 0.0714. The second kappa shape index (κ2) is 6.60. The maximum absolute atomic E-state index is 12.0. The van der Waals surface area contributed by atoms with Crippen molar-refractivity contribution in [1.29, 1.82) is 0 Å². The minimum atomic E-state index is -0.660. The molecule has 0 spiro atoms. The fourth-order valence-corrected chi connectivity index (χ4v) is 2.25. The van der Waals surface area contributed by atoms with E-state index in [2.05, 4.69) is 0 Å². The van der Waals surface area contributed by atoms with E-state index in [0.717, 1.165) is 11.0 Å². The van der Waals surface area contributed by atoms with Gasteiger partial charge in [-0.05, 0) is 36.6 Å². The second-order valence-corrected chi connectivity index (χ2v) is 5.27. The minimum absolute atomic E-state index is 0.0186. The molecular weight excluding hydrogens is 314 g/mol. The average molecular weight is 324 g/mol. The molecule has 0 aliphatic rings. The van der Waals surface area contributed by atoms with Gasteiger partial charge in [0.15, 0.2) is 0 Å². The van der Waals surface area contributed by atoms with Crippen molar-refractivity contribution in [3.05, 3.63) is 63.2 Å². The van der Waals surface area contributed by atoms with Gasteiger partial charge in [0.25, 0.3) is 5.69 Å². The molecule has 108 valence electrons. The zero-order chi connectivity index (χ0) is 15.4. The van der Waals surface area contributed by atoms with Gasteiger partial charge in [-0.15, -0.1) is 11.8 Å². The van der Waals surface area contributed by atoms with Crippen molar-refractivity contribution in [2.45, 2.75) is 4.90 Å². The van der Waals surface area contributed by atoms with Gasteiger partial charge in [-0.3, -0.25) is 10.1 Å². The summed E-state index contributed by atoms with van der Waals surface area (Å²) in [6.45, 7) is 0. The molecule has 0 heterocycles. The molecule has 0 fully saturated rings. The van der Waals surface area contributed by atoms with Gasteiger partial charge < -0.3 is 4.74 Å². The summed E-state index contributed by atoms with van der Waals surface area (Å²) in [7, 11) is 0. The van der Waals surface area contributed by atoms with Crippen molar-refractivity contribution in [2.75, 3.05) is 6.26 Å². The van der Waals surface area contributed by atoms with Crippen molar-refractivity contribution in [3.63, 3.8) is 0 Å². The van der Waals surface area contributed by atoms with Crippen LogP contribution in [0.2, 0.25) is 5.02 Å². The van der Waals surface area contributed by atoms with Crippen LogP contribution >= 0.6 is 23.4 Å². The molecule has 0 unspecified atom stereocenters. The zero-order valence-electron chi connectivity index (χ0n) is 10.9. The van der Waals surface area contributed by atoms with Crippen molar-refractivity contribution in [1.82, 2.24) is 0 Å². The summed E-state index contributed by atoms with van der Waals surface area (Å²) in [5.41, 5.74) is -0.0999. The highest BCUT2D eigenvalue weighted by molar-refractivity contribution is 7.98. The van der Waals surface area contributed by atoms with E-state index >= 15 is 0 Å². The first-order valence-corrected chi connectivity index (χ1v) is 7.41. The Morgan fingerprint density at radius 2 is 1.90 bits per heavy atom. The minimum Gasteiger partial charge on any atom is -0.423 e. The van der Waals surface area contributed by atoms with E-state index in [1.165, 1.54) is 12.1 Å². The quantitative estimate of drug-likeness (QED) is 0.277. The van der Waals surface area contributed by atoms with Crippen LogP contribution in [0.5, 0.6) is 5.75 Å². The first-order chi connectivity index (χ1) is 10.0. The van der Waals surface area contributed by atoms with Crippen LogP contribution in [-0.2, 0) is 0 Å². The Kier molecular flexibility index (Phi) is 4.82. The summed E-state index contributed by atoms with van der Waals surface area (Å²) >= 11 is 7.45. The van der Waals surface area contributed by atoms with Crippen LogP contribution in [0.15, 0.2) is 47.4 Å². The van der Waals surface area contributed by atoms with Gasteiger partial charge in [-0.25, -0.2) is 4.79 Å². The lowest BCUT2D eigenvalue weighted by atomic mass is 10.2. The Morgan fingerprint density at radius 1 is 1.24 bits per heavy atom. The number of carbonyl (C=O) groups excluding carboxylic acids is 1. The normalized spacial score (nSPS) is 10.2. The van der Waals surface area contributed by atoms with Crippen LogP contribution in [0.1, 0.15) is 10.4 Å². The molecule has 0 amide bonds.